The minimum absolute atomic E-state index is 0. The molecule has 0 bridgehead atoms. The summed E-state index contributed by atoms with van der Waals surface area (Å²) in [7, 11) is 0. The van der Waals surface area contributed by atoms with Crippen LogP contribution in [0.1, 0.15) is 37.9 Å². The van der Waals surface area contributed by atoms with Gasteiger partial charge < -0.3 is 24.8 Å². The molecule has 115 valence electrons. The first kappa shape index (κ1) is 18.7. The maximum absolute atomic E-state index is 2.41. The molecule has 0 spiro atoms. The second-order valence-corrected chi connectivity index (χ2v) is 7.42. The molecule has 2 aliphatic rings. The van der Waals surface area contributed by atoms with Gasteiger partial charge in [-0.15, -0.1) is 0 Å². The first-order valence-electron chi connectivity index (χ1n) is 7.49. The molecule has 4 rings (SSSR count). The van der Waals surface area contributed by atoms with Crippen LogP contribution in [-0.2, 0) is 24.7 Å². The molecule has 1 unspecified atom stereocenters. The quantitative estimate of drug-likeness (QED) is 0.572. The fourth-order valence-electron chi connectivity index (χ4n) is 3.63. The SMILES string of the molecule is Cc1cc(C2=CC=CC2)c2c(c1C)-c1ccccc1[CH]2[Zr+2].[Cl-].[Cl-]. The summed E-state index contributed by atoms with van der Waals surface area (Å²) in [6.45, 7) is 4.53. The molecule has 2 aliphatic carbocycles. The van der Waals surface area contributed by atoms with Crippen molar-refractivity contribution in [3.63, 3.8) is 0 Å². The smallest absolute Gasteiger partial charge is 1.00 e. The van der Waals surface area contributed by atoms with Crippen LogP contribution in [-0.4, -0.2) is 0 Å². The summed E-state index contributed by atoms with van der Waals surface area (Å²) in [5.41, 5.74) is 11.9. The van der Waals surface area contributed by atoms with E-state index in [9.17, 15) is 0 Å². The Hall–Kier alpha value is -0.617. The fraction of sp³-hybridized carbons (Fsp3) is 0.200. The molecule has 0 fully saturated rings. The summed E-state index contributed by atoms with van der Waals surface area (Å²) in [4.78, 5) is 0. The molecule has 0 amide bonds. The number of hydrogen-bond acceptors (Lipinski definition) is 0. The van der Waals surface area contributed by atoms with E-state index in [1.807, 2.05) is 0 Å². The van der Waals surface area contributed by atoms with Gasteiger partial charge in [-0.25, -0.2) is 0 Å². The summed E-state index contributed by atoms with van der Waals surface area (Å²) in [6.07, 6.45) is 7.82. The van der Waals surface area contributed by atoms with Crippen LogP contribution in [0.2, 0.25) is 0 Å². The van der Waals surface area contributed by atoms with Crippen molar-refractivity contribution in [2.24, 2.45) is 0 Å². The number of halogens is 2. The van der Waals surface area contributed by atoms with Gasteiger partial charge in [0.15, 0.2) is 0 Å². The van der Waals surface area contributed by atoms with Gasteiger partial charge in [-0.1, -0.05) is 0 Å². The van der Waals surface area contributed by atoms with Crippen LogP contribution in [0, 0.1) is 13.8 Å². The third-order valence-corrected chi connectivity index (χ3v) is 6.31. The molecule has 0 nitrogen and oxygen atoms in total. The monoisotopic (exact) mass is 417 g/mol. The first-order chi connectivity index (χ1) is 10.2. The summed E-state index contributed by atoms with van der Waals surface area (Å²) >= 11 is 1.59. The molecular weight excluding hydrogens is 402 g/mol. The van der Waals surface area contributed by atoms with Crippen molar-refractivity contribution in [1.29, 1.82) is 0 Å². The molecule has 0 heterocycles. The topological polar surface area (TPSA) is 0 Å². The van der Waals surface area contributed by atoms with E-state index in [-0.39, 0.29) is 24.8 Å². The van der Waals surface area contributed by atoms with Crippen LogP contribution in [0.3, 0.4) is 0 Å². The Balaban J connectivity index is 0.000000960. The number of allylic oxidation sites excluding steroid dienone is 4. The maximum atomic E-state index is 2.41. The van der Waals surface area contributed by atoms with Gasteiger partial charge in [0.05, 0.1) is 0 Å². The van der Waals surface area contributed by atoms with Crippen molar-refractivity contribution < 1.29 is 49.5 Å². The summed E-state index contributed by atoms with van der Waals surface area (Å²) in [5, 5.41) is 0. The van der Waals surface area contributed by atoms with Gasteiger partial charge in [0.25, 0.3) is 0 Å². The standard InChI is InChI=1S/C20H17.2ClH.Zr/c1-13-11-18(15-7-3-4-8-15)19-12-16-9-5-6-10-17(16)20(19)14(13)2;;;/h3-7,9-12H,8H2,1-2H3;2*1H;/q;;;+2/p-2. The van der Waals surface area contributed by atoms with Crippen molar-refractivity contribution in [2.75, 3.05) is 0 Å². The molecule has 23 heavy (non-hydrogen) atoms. The molecule has 0 saturated carbocycles. The second kappa shape index (κ2) is 7.10. The van der Waals surface area contributed by atoms with E-state index in [0.29, 0.717) is 3.63 Å². The number of benzene rings is 2. The van der Waals surface area contributed by atoms with Gasteiger partial charge in [0.2, 0.25) is 0 Å². The fourth-order valence-corrected chi connectivity index (χ4v) is 4.98. The van der Waals surface area contributed by atoms with Crippen molar-refractivity contribution in [2.45, 2.75) is 23.9 Å². The van der Waals surface area contributed by atoms with Gasteiger partial charge in [0.1, 0.15) is 0 Å². The molecule has 1 atom stereocenters. The zero-order valence-corrected chi connectivity index (χ0v) is 17.1. The molecule has 2 aromatic carbocycles. The second-order valence-electron chi connectivity index (χ2n) is 6.00. The molecule has 0 aliphatic heterocycles. The van der Waals surface area contributed by atoms with E-state index in [2.05, 4.69) is 62.4 Å². The molecule has 0 aromatic heterocycles. The Kier molecular flexibility index (Phi) is 5.77. The number of fused-ring (bicyclic) bond motifs is 3. The van der Waals surface area contributed by atoms with Gasteiger partial charge in [-0.3, -0.25) is 0 Å². The van der Waals surface area contributed by atoms with Crippen molar-refractivity contribution in [3.8, 4) is 11.1 Å². The van der Waals surface area contributed by atoms with Crippen LogP contribution in [0.4, 0.5) is 0 Å². The Bertz CT molecular complexity index is 819. The summed E-state index contributed by atoms with van der Waals surface area (Å²) in [6, 6.07) is 11.4. The molecule has 3 heteroatoms. The Labute approximate surface area is 165 Å². The average Bonchev–Trinajstić information content (AvgIpc) is 3.11. The normalized spacial score (nSPS) is 17.0. The molecular formula is C20H17Cl2Zr. The van der Waals surface area contributed by atoms with Crippen LogP contribution in [0.25, 0.3) is 16.7 Å². The molecule has 0 radical (unpaired) electrons. The van der Waals surface area contributed by atoms with Gasteiger partial charge >= 0.3 is 142 Å². The van der Waals surface area contributed by atoms with Gasteiger partial charge in [-0.05, 0) is 0 Å². The number of aryl methyl sites for hydroxylation is 1. The largest absolute Gasteiger partial charge is 1.00 e. The van der Waals surface area contributed by atoms with Gasteiger partial charge in [-0.2, -0.15) is 0 Å². The number of rotatable bonds is 1. The predicted molar refractivity (Wildman–Crippen MR) is 84.9 cm³/mol. The Morgan fingerprint density at radius 3 is 2.48 bits per heavy atom. The van der Waals surface area contributed by atoms with Crippen molar-refractivity contribution in [1.82, 2.24) is 0 Å². The van der Waals surface area contributed by atoms with Crippen LogP contribution in [0.15, 0.2) is 48.6 Å². The minimum Gasteiger partial charge on any atom is -1.00 e. The predicted octanol–water partition coefficient (Wildman–Crippen LogP) is -0.729. The minimum atomic E-state index is 0. The van der Waals surface area contributed by atoms with E-state index < -0.39 is 0 Å². The molecule has 0 N–H and O–H groups in total. The van der Waals surface area contributed by atoms with E-state index in [4.69, 9.17) is 0 Å². The summed E-state index contributed by atoms with van der Waals surface area (Å²) in [5.74, 6) is 0. The van der Waals surface area contributed by atoms with Crippen LogP contribution in [0.5, 0.6) is 0 Å². The molecule has 2 aromatic rings. The zero-order valence-electron chi connectivity index (χ0n) is 13.2. The van der Waals surface area contributed by atoms with E-state index in [1.165, 1.54) is 39.0 Å². The van der Waals surface area contributed by atoms with E-state index in [1.54, 1.807) is 30.3 Å². The third kappa shape index (κ3) is 2.82. The third-order valence-electron chi connectivity index (χ3n) is 4.83. The molecule has 0 saturated heterocycles. The first-order valence-corrected chi connectivity index (χ1v) is 8.91. The van der Waals surface area contributed by atoms with E-state index in [0.717, 1.165) is 6.42 Å². The van der Waals surface area contributed by atoms with Crippen molar-refractivity contribution in [3.05, 3.63) is 76.4 Å². The summed E-state index contributed by atoms with van der Waals surface area (Å²) < 4.78 is 0.583. The van der Waals surface area contributed by atoms with Crippen LogP contribution >= 0.6 is 0 Å². The Morgan fingerprint density at radius 2 is 1.78 bits per heavy atom. The number of hydrogen-bond donors (Lipinski definition) is 0. The van der Waals surface area contributed by atoms with Crippen molar-refractivity contribution >= 4 is 5.57 Å². The van der Waals surface area contributed by atoms with Gasteiger partial charge in [0, 0.05) is 0 Å². The zero-order chi connectivity index (χ0) is 14.6. The van der Waals surface area contributed by atoms with Crippen LogP contribution < -0.4 is 24.8 Å². The van der Waals surface area contributed by atoms with E-state index >= 15 is 0 Å². The average molecular weight is 419 g/mol. The Morgan fingerprint density at radius 1 is 1.04 bits per heavy atom. The maximum Gasteiger partial charge on any atom is -1.00 e.